The molecule has 0 aromatic rings. The number of nitrogens with two attached hydrogens (primary N) is 1. The van der Waals surface area contributed by atoms with Crippen LogP contribution in [0.15, 0.2) is 0 Å². The Morgan fingerprint density at radius 3 is 2.75 bits per heavy atom. The van der Waals surface area contributed by atoms with Crippen molar-refractivity contribution in [1.29, 1.82) is 0 Å². The fourth-order valence-corrected chi connectivity index (χ4v) is 2.97. The summed E-state index contributed by atoms with van der Waals surface area (Å²) in [6.07, 6.45) is 2.48. The maximum Gasteiger partial charge on any atom is 0.0547 e. The van der Waals surface area contributed by atoms with Gasteiger partial charge in [0.1, 0.15) is 0 Å². The molecule has 16 heavy (non-hydrogen) atoms. The van der Waals surface area contributed by atoms with E-state index < -0.39 is 0 Å². The summed E-state index contributed by atoms with van der Waals surface area (Å²) < 4.78 is 5.53. The number of nitrogens with zero attached hydrogens (tertiary/aromatic N) is 1. The number of hydrogen-bond donors (Lipinski definition) is 1. The standard InChI is InChI=1S/C13H26N2O/c1-11-3-5-15(7-12(11)2)9-13(8-14)4-6-16-10-13/h11-12H,3-10,14H2,1-2H3. The molecule has 0 amide bonds. The van der Waals surface area contributed by atoms with Gasteiger partial charge in [-0.2, -0.15) is 0 Å². The van der Waals surface area contributed by atoms with Crippen LogP contribution < -0.4 is 5.73 Å². The Hall–Kier alpha value is -0.120. The minimum atomic E-state index is 0.250. The van der Waals surface area contributed by atoms with E-state index in [1.54, 1.807) is 0 Å². The van der Waals surface area contributed by atoms with Crippen LogP contribution in [0.3, 0.4) is 0 Å². The second-order valence-corrected chi connectivity index (χ2v) is 5.99. The topological polar surface area (TPSA) is 38.5 Å². The van der Waals surface area contributed by atoms with Gasteiger partial charge in [-0.25, -0.2) is 0 Å². The molecule has 2 heterocycles. The van der Waals surface area contributed by atoms with Gasteiger partial charge in [-0.3, -0.25) is 0 Å². The molecule has 0 saturated carbocycles. The molecule has 0 spiro atoms. The van der Waals surface area contributed by atoms with E-state index in [1.807, 2.05) is 0 Å². The Morgan fingerprint density at radius 1 is 1.38 bits per heavy atom. The van der Waals surface area contributed by atoms with E-state index in [-0.39, 0.29) is 5.41 Å². The van der Waals surface area contributed by atoms with Crippen LogP contribution in [0.2, 0.25) is 0 Å². The average Bonchev–Trinajstić information content (AvgIpc) is 2.73. The van der Waals surface area contributed by atoms with Gasteiger partial charge < -0.3 is 15.4 Å². The summed E-state index contributed by atoms with van der Waals surface area (Å²) in [7, 11) is 0. The highest BCUT2D eigenvalue weighted by molar-refractivity contribution is 4.89. The van der Waals surface area contributed by atoms with E-state index in [4.69, 9.17) is 10.5 Å². The molecule has 2 aliphatic rings. The van der Waals surface area contributed by atoms with E-state index in [0.717, 1.165) is 44.6 Å². The summed E-state index contributed by atoms with van der Waals surface area (Å²) in [6, 6.07) is 0. The second kappa shape index (κ2) is 5.03. The predicted octanol–water partition coefficient (Wildman–Crippen LogP) is 1.33. The number of likely N-dealkylation sites (tertiary alicyclic amines) is 1. The maximum absolute atomic E-state index is 5.94. The molecule has 0 bridgehead atoms. The zero-order valence-corrected chi connectivity index (χ0v) is 10.7. The Morgan fingerprint density at radius 2 is 2.19 bits per heavy atom. The van der Waals surface area contributed by atoms with Crippen molar-refractivity contribution < 1.29 is 4.74 Å². The molecule has 0 aliphatic carbocycles. The molecule has 3 nitrogen and oxygen atoms in total. The lowest BCUT2D eigenvalue weighted by Crippen LogP contribution is -2.47. The van der Waals surface area contributed by atoms with E-state index in [2.05, 4.69) is 18.7 Å². The van der Waals surface area contributed by atoms with Crippen LogP contribution in [-0.4, -0.2) is 44.3 Å². The number of rotatable bonds is 3. The van der Waals surface area contributed by atoms with Crippen LogP contribution in [0.25, 0.3) is 0 Å². The van der Waals surface area contributed by atoms with Crippen LogP contribution in [0.4, 0.5) is 0 Å². The lowest BCUT2D eigenvalue weighted by Gasteiger charge is -2.40. The second-order valence-electron chi connectivity index (χ2n) is 5.99. The largest absolute Gasteiger partial charge is 0.381 e. The fraction of sp³-hybridized carbons (Fsp3) is 1.00. The van der Waals surface area contributed by atoms with Gasteiger partial charge in [-0.15, -0.1) is 0 Å². The normalized spacial score (nSPS) is 41.4. The SMILES string of the molecule is CC1CCN(CC2(CN)CCOC2)CC1C. The molecule has 3 atom stereocenters. The molecule has 2 N–H and O–H groups in total. The Labute approximate surface area is 99.3 Å². The van der Waals surface area contributed by atoms with E-state index >= 15 is 0 Å². The lowest BCUT2D eigenvalue weighted by molar-refractivity contribution is 0.0733. The van der Waals surface area contributed by atoms with Gasteiger partial charge in [0.05, 0.1) is 6.61 Å². The first kappa shape index (κ1) is 12.3. The predicted molar refractivity (Wildman–Crippen MR) is 66.3 cm³/mol. The number of ether oxygens (including phenoxy) is 1. The third kappa shape index (κ3) is 2.58. The molecule has 2 aliphatic heterocycles. The summed E-state index contributed by atoms with van der Waals surface area (Å²) in [5.41, 5.74) is 6.19. The molecule has 2 fully saturated rings. The Kier molecular flexibility index (Phi) is 3.88. The van der Waals surface area contributed by atoms with Gasteiger partial charge in [0.25, 0.3) is 0 Å². The lowest BCUT2D eigenvalue weighted by atomic mass is 9.83. The molecule has 2 saturated heterocycles. The molecule has 0 radical (unpaired) electrons. The zero-order chi connectivity index (χ0) is 11.6. The van der Waals surface area contributed by atoms with Crippen molar-refractivity contribution in [1.82, 2.24) is 4.90 Å². The molecular weight excluding hydrogens is 200 g/mol. The summed E-state index contributed by atoms with van der Waals surface area (Å²) in [5.74, 6) is 1.70. The minimum Gasteiger partial charge on any atom is -0.381 e. The van der Waals surface area contributed by atoms with Crippen molar-refractivity contribution in [2.24, 2.45) is 23.0 Å². The summed E-state index contributed by atoms with van der Waals surface area (Å²) >= 11 is 0. The molecule has 3 unspecified atom stereocenters. The number of hydrogen-bond acceptors (Lipinski definition) is 3. The quantitative estimate of drug-likeness (QED) is 0.789. The van der Waals surface area contributed by atoms with Gasteiger partial charge in [0, 0.05) is 31.7 Å². The van der Waals surface area contributed by atoms with Crippen LogP contribution in [0.1, 0.15) is 26.7 Å². The van der Waals surface area contributed by atoms with Crippen molar-refractivity contribution >= 4 is 0 Å². The summed E-state index contributed by atoms with van der Waals surface area (Å²) in [6.45, 7) is 10.9. The third-order valence-electron chi connectivity index (χ3n) is 4.60. The highest BCUT2D eigenvalue weighted by Gasteiger charge is 2.36. The first-order chi connectivity index (χ1) is 7.65. The van der Waals surface area contributed by atoms with Crippen molar-refractivity contribution in [3.63, 3.8) is 0 Å². The highest BCUT2D eigenvalue weighted by atomic mass is 16.5. The Balaban J connectivity index is 1.89. The van der Waals surface area contributed by atoms with Gasteiger partial charge in [0.15, 0.2) is 0 Å². The third-order valence-corrected chi connectivity index (χ3v) is 4.60. The zero-order valence-electron chi connectivity index (χ0n) is 10.7. The van der Waals surface area contributed by atoms with Gasteiger partial charge >= 0.3 is 0 Å². The highest BCUT2D eigenvalue weighted by Crippen LogP contribution is 2.31. The molecule has 94 valence electrons. The molecule has 0 aromatic heterocycles. The summed E-state index contributed by atoms with van der Waals surface area (Å²) in [4.78, 5) is 2.60. The summed E-state index contributed by atoms with van der Waals surface area (Å²) in [5, 5.41) is 0. The smallest absolute Gasteiger partial charge is 0.0547 e. The fourth-order valence-electron chi connectivity index (χ4n) is 2.97. The van der Waals surface area contributed by atoms with Gasteiger partial charge in [0.2, 0.25) is 0 Å². The van der Waals surface area contributed by atoms with Crippen LogP contribution in [0, 0.1) is 17.3 Å². The van der Waals surface area contributed by atoms with E-state index in [9.17, 15) is 0 Å². The first-order valence-electron chi connectivity index (χ1n) is 6.65. The van der Waals surface area contributed by atoms with Crippen LogP contribution in [-0.2, 0) is 4.74 Å². The van der Waals surface area contributed by atoms with Crippen molar-refractivity contribution in [2.75, 3.05) is 39.4 Å². The van der Waals surface area contributed by atoms with E-state index in [0.29, 0.717) is 0 Å². The molecule has 2 rings (SSSR count). The minimum absolute atomic E-state index is 0.250. The van der Waals surface area contributed by atoms with Gasteiger partial charge in [-0.05, 0) is 31.2 Å². The van der Waals surface area contributed by atoms with Crippen molar-refractivity contribution in [3.05, 3.63) is 0 Å². The van der Waals surface area contributed by atoms with Crippen LogP contribution >= 0.6 is 0 Å². The Bertz CT molecular complexity index is 226. The van der Waals surface area contributed by atoms with Crippen molar-refractivity contribution in [2.45, 2.75) is 26.7 Å². The monoisotopic (exact) mass is 226 g/mol. The molecular formula is C13H26N2O. The van der Waals surface area contributed by atoms with Gasteiger partial charge in [-0.1, -0.05) is 13.8 Å². The first-order valence-corrected chi connectivity index (χ1v) is 6.65. The van der Waals surface area contributed by atoms with Crippen molar-refractivity contribution in [3.8, 4) is 0 Å². The maximum atomic E-state index is 5.94. The average molecular weight is 226 g/mol. The molecule has 3 heteroatoms. The molecule has 0 aromatic carbocycles. The van der Waals surface area contributed by atoms with Crippen LogP contribution in [0.5, 0.6) is 0 Å². The van der Waals surface area contributed by atoms with E-state index in [1.165, 1.54) is 19.5 Å². The number of piperidine rings is 1.